The SMILES string of the molecule is COC(=O)c1ccc(NC(=O)c2cc3nc(Nc4c(Cl)ccc(CNC(=O)C(C)(C)C)c4Cl)n(C)c3cc2OCC(F)F)s1. The molecule has 0 fully saturated rings. The van der Waals surface area contributed by atoms with Crippen LogP contribution in [0.4, 0.5) is 25.4 Å². The molecule has 0 unspecified atom stereocenters. The maximum absolute atomic E-state index is 13.2. The van der Waals surface area contributed by atoms with E-state index in [1.807, 2.05) is 0 Å². The summed E-state index contributed by atoms with van der Waals surface area (Å²) in [6.07, 6.45) is -2.78. The Morgan fingerprint density at radius 2 is 1.84 bits per heavy atom. The van der Waals surface area contributed by atoms with Crippen molar-refractivity contribution in [3.8, 4) is 5.75 Å². The molecular weight excluding hydrogens is 639 g/mol. The van der Waals surface area contributed by atoms with Crippen molar-refractivity contribution in [2.75, 3.05) is 24.4 Å². The molecule has 0 aliphatic carbocycles. The van der Waals surface area contributed by atoms with E-state index < -0.39 is 30.3 Å². The number of rotatable bonds is 10. The van der Waals surface area contributed by atoms with Crippen LogP contribution >= 0.6 is 34.5 Å². The normalized spacial score (nSPS) is 11.5. The predicted molar refractivity (Wildman–Crippen MR) is 167 cm³/mol. The molecule has 2 aromatic carbocycles. The third kappa shape index (κ3) is 7.40. The first kappa shape index (κ1) is 33.0. The quantitative estimate of drug-likeness (QED) is 0.155. The molecule has 44 heavy (non-hydrogen) atoms. The van der Waals surface area contributed by atoms with Gasteiger partial charge in [0.25, 0.3) is 12.3 Å². The lowest BCUT2D eigenvalue weighted by atomic mass is 9.95. The van der Waals surface area contributed by atoms with Gasteiger partial charge in [0.1, 0.15) is 17.2 Å². The van der Waals surface area contributed by atoms with Crippen molar-refractivity contribution in [3.05, 3.63) is 62.4 Å². The molecule has 4 aromatic rings. The van der Waals surface area contributed by atoms with Gasteiger partial charge in [-0.3, -0.25) is 9.59 Å². The Morgan fingerprint density at radius 3 is 2.50 bits per heavy atom. The average molecular weight is 669 g/mol. The highest BCUT2D eigenvalue weighted by molar-refractivity contribution is 7.18. The van der Waals surface area contributed by atoms with Gasteiger partial charge in [0.05, 0.1) is 44.4 Å². The summed E-state index contributed by atoms with van der Waals surface area (Å²) < 4.78 is 37.8. The summed E-state index contributed by atoms with van der Waals surface area (Å²) in [4.78, 5) is 42.2. The van der Waals surface area contributed by atoms with E-state index in [1.54, 1.807) is 44.5 Å². The maximum atomic E-state index is 13.2. The second-order valence-corrected chi connectivity index (χ2v) is 12.5. The van der Waals surface area contributed by atoms with Gasteiger partial charge in [-0.25, -0.2) is 18.6 Å². The summed E-state index contributed by atoms with van der Waals surface area (Å²) >= 11 is 14.1. The Labute approximate surface area is 265 Å². The molecule has 10 nitrogen and oxygen atoms in total. The molecule has 0 atom stereocenters. The van der Waals surface area contributed by atoms with E-state index >= 15 is 0 Å². The zero-order chi connectivity index (χ0) is 32.3. The van der Waals surface area contributed by atoms with Crippen molar-refractivity contribution >= 4 is 80.0 Å². The van der Waals surface area contributed by atoms with Gasteiger partial charge in [0, 0.05) is 25.1 Å². The topological polar surface area (TPSA) is 124 Å². The van der Waals surface area contributed by atoms with Gasteiger partial charge in [-0.05, 0) is 29.8 Å². The lowest BCUT2D eigenvalue weighted by Crippen LogP contribution is -2.34. The van der Waals surface area contributed by atoms with Gasteiger partial charge in [-0.15, -0.1) is 11.3 Å². The lowest BCUT2D eigenvalue weighted by molar-refractivity contribution is -0.128. The van der Waals surface area contributed by atoms with Crippen molar-refractivity contribution in [2.24, 2.45) is 12.5 Å². The van der Waals surface area contributed by atoms with E-state index in [1.165, 1.54) is 31.4 Å². The van der Waals surface area contributed by atoms with E-state index in [2.05, 4.69) is 25.7 Å². The van der Waals surface area contributed by atoms with Gasteiger partial charge in [0.15, 0.2) is 0 Å². The number of fused-ring (bicyclic) bond motifs is 1. The van der Waals surface area contributed by atoms with Crippen LogP contribution in [0.3, 0.4) is 0 Å². The highest BCUT2D eigenvalue weighted by atomic mass is 35.5. The summed E-state index contributed by atoms with van der Waals surface area (Å²) in [7, 11) is 2.91. The van der Waals surface area contributed by atoms with E-state index in [0.29, 0.717) is 27.3 Å². The number of carbonyl (C=O) groups excluding carboxylic acids is 3. The molecule has 234 valence electrons. The number of nitrogens with zero attached hydrogens (tertiary/aromatic N) is 2. The summed E-state index contributed by atoms with van der Waals surface area (Å²) in [6, 6.07) is 9.18. The van der Waals surface area contributed by atoms with Gasteiger partial charge in [-0.1, -0.05) is 50.0 Å². The molecule has 0 saturated carbocycles. The standard InChI is InChI=1S/C29H29Cl2F2N5O5S/c1-29(2,3)27(41)34-12-14-6-7-16(30)24(23(14)31)37-28-35-17-10-15(19(43-13-21(32)33)11-18(17)38(28)4)25(39)36-22-9-8-20(44-22)26(40)42-5/h6-11,21H,12-13H2,1-5H3,(H,34,41)(H,35,37)(H,36,39). The van der Waals surface area contributed by atoms with Crippen molar-refractivity contribution in [3.63, 3.8) is 0 Å². The number of benzene rings is 2. The first-order valence-electron chi connectivity index (χ1n) is 13.1. The zero-order valence-electron chi connectivity index (χ0n) is 24.3. The highest BCUT2D eigenvalue weighted by Gasteiger charge is 2.23. The number of esters is 1. The van der Waals surface area contributed by atoms with Crippen LogP contribution in [-0.4, -0.2) is 47.5 Å². The number of methoxy groups -OCH3 is 1. The fourth-order valence-corrected chi connectivity index (χ4v) is 5.33. The first-order valence-corrected chi connectivity index (χ1v) is 14.7. The fraction of sp³-hybridized carbons (Fsp3) is 0.310. The molecule has 2 amide bonds. The van der Waals surface area contributed by atoms with Gasteiger partial charge >= 0.3 is 5.97 Å². The second-order valence-electron chi connectivity index (χ2n) is 10.6. The Balaban J connectivity index is 1.67. The number of halogens is 4. The van der Waals surface area contributed by atoms with E-state index in [9.17, 15) is 23.2 Å². The molecule has 0 spiro atoms. The number of amides is 2. The zero-order valence-corrected chi connectivity index (χ0v) is 26.6. The highest BCUT2D eigenvalue weighted by Crippen LogP contribution is 2.37. The van der Waals surface area contributed by atoms with E-state index in [-0.39, 0.29) is 44.6 Å². The number of hydrogen-bond donors (Lipinski definition) is 3. The van der Waals surface area contributed by atoms with Crippen LogP contribution in [0.2, 0.25) is 10.0 Å². The summed E-state index contributed by atoms with van der Waals surface area (Å²) in [5, 5.41) is 9.50. The van der Waals surface area contributed by atoms with Crippen LogP contribution in [0, 0.1) is 5.41 Å². The molecule has 0 aliphatic heterocycles. The minimum atomic E-state index is -2.78. The molecule has 0 aliphatic rings. The van der Waals surface area contributed by atoms with Gasteiger partial charge in [-0.2, -0.15) is 0 Å². The van der Waals surface area contributed by atoms with Crippen molar-refractivity contribution < 1.29 is 32.6 Å². The lowest BCUT2D eigenvalue weighted by Gasteiger charge is -2.19. The number of ether oxygens (including phenoxy) is 2. The summed E-state index contributed by atoms with van der Waals surface area (Å²) in [5.41, 5.74) is 1.10. The Hall–Kier alpha value is -3.94. The van der Waals surface area contributed by atoms with Gasteiger partial charge < -0.3 is 30.0 Å². The Bertz CT molecular complexity index is 1740. The molecule has 0 saturated heterocycles. The summed E-state index contributed by atoms with van der Waals surface area (Å²) in [5.74, 6) is -1.20. The van der Waals surface area contributed by atoms with Crippen molar-refractivity contribution in [1.82, 2.24) is 14.9 Å². The Kier molecular flexibility index (Phi) is 10.0. The number of hydrogen-bond acceptors (Lipinski definition) is 8. The van der Waals surface area contributed by atoms with E-state index in [0.717, 1.165) is 11.3 Å². The van der Waals surface area contributed by atoms with Crippen molar-refractivity contribution in [2.45, 2.75) is 33.7 Å². The minimum absolute atomic E-state index is 0.0523. The first-order chi connectivity index (χ1) is 20.7. The number of carbonyl (C=O) groups is 3. The Morgan fingerprint density at radius 1 is 1.11 bits per heavy atom. The van der Waals surface area contributed by atoms with Crippen molar-refractivity contribution in [1.29, 1.82) is 0 Å². The average Bonchev–Trinajstić information content (AvgIpc) is 3.55. The molecule has 4 rings (SSSR count). The number of nitrogens with one attached hydrogen (secondary N) is 3. The minimum Gasteiger partial charge on any atom is -0.487 e. The van der Waals surface area contributed by atoms with Crippen LogP contribution in [0.25, 0.3) is 11.0 Å². The molecule has 0 bridgehead atoms. The number of aromatic nitrogens is 2. The summed E-state index contributed by atoms with van der Waals surface area (Å²) in [6.45, 7) is 4.62. The fourth-order valence-electron chi connectivity index (χ4n) is 3.97. The van der Waals surface area contributed by atoms with Crippen LogP contribution in [0.5, 0.6) is 5.75 Å². The molecule has 0 radical (unpaired) electrons. The second kappa shape index (κ2) is 13.4. The molecule has 3 N–H and O–H groups in total. The largest absolute Gasteiger partial charge is 0.487 e. The molecule has 15 heteroatoms. The van der Waals surface area contributed by atoms with Gasteiger partial charge in [0.2, 0.25) is 11.9 Å². The third-order valence-corrected chi connectivity index (χ3v) is 8.08. The smallest absolute Gasteiger partial charge is 0.348 e. The van der Waals surface area contributed by atoms with Crippen LogP contribution < -0.4 is 20.7 Å². The number of anilines is 3. The molecular formula is C29H29Cl2F2N5O5S. The third-order valence-electron chi connectivity index (χ3n) is 6.35. The number of aryl methyl sites for hydroxylation is 1. The number of imidazole rings is 1. The monoisotopic (exact) mass is 667 g/mol. The molecule has 2 heterocycles. The predicted octanol–water partition coefficient (Wildman–Crippen LogP) is 7.03. The number of thiophene rings is 1. The van der Waals surface area contributed by atoms with E-state index in [4.69, 9.17) is 27.9 Å². The maximum Gasteiger partial charge on any atom is 0.348 e. The molecule has 2 aromatic heterocycles. The van der Waals surface area contributed by atoms with Crippen LogP contribution in [0.15, 0.2) is 36.4 Å². The van der Waals surface area contributed by atoms with Crippen LogP contribution in [0.1, 0.15) is 46.4 Å². The van der Waals surface area contributed by atoms with Crippen LogP contribution in [-0.2, 0) is 23.1 Å². The number of alkyl halides is 2.